The first-order valence-corrected chi connectivity index (χ1v) is 19.9. The zero-order chi connectivity index (χ0) is 37.5. The predicted molar refractivity (Wildman–Crippen MR) is 200 cm³/mol. The Morgan fingerprint density at radius 3 is 2.46 bits per heavy atom. The number of nitrogens with one attached hydrogen (secondary N) is 3. The number of nitrogens with zero attached hydrogens (tertiary/aromatic N) is 3. The first kappa shape index (κ1) is 38.6. The maximum Gasteiger partial charge on any atom is 0.307 e. The van der Waals surface area contributed by atoms with Crippen molar-refractivity contribution in [1.82, 2.24) is 24.5 Å². The van der Waals surface area contributed by atoms with Gasteiger partial charge >= 0.3 is 5.97 Å². The number of esters is 1. The molecule has 1 aliphatic carbocycles. The molecule has 0 saturated carbocycles. The van der Waals surface area contributed by atoms with E-state index in [-0.39, 0.29) is 29.9 Å². The van der Waals surface area contributed by atoms with Gasteiger partial charge in [-0.2, -0.15) is 0 Å². The average Bonchev–Trinajstić information content (AvgIpc) is 3.80. The summed E-state index contributed by atoms with van der Waals surface area (Å²) >= 11 is 1.25. The number of carbonyl (C=O) groups excluding carboxylic acids is 4. The van der Waals surface area contributed by atoms with Crippen molar-refractivity contribution < 1.29 is 32.3 Å². The zero-order valence-electron chi connectivity index (χ0n) is 29.9. The second kappa shape index (κ2) is 16.4. The van der Waals surface area contributed by atoms with Crippen molar-refractivity contribution in [2.75, 3.05) is 44.3 Å². The van der Waals surface area contributed by atoms with Crippen LogP contribution in [0.4, 0.5) is 5.13 Å². The minimum absolute atomic E-state index is 0.0262. The number of anilines is 1. The molecule has 1 fully saturated rings. The Morgan fingerprint density at radius 2 is 1.79 bits per heavy atom. The summed E-state index contributed by atoms with van der Waals surface area (Å²) in [5.41, 5.74) is 1.74. The molecule has 2 aromatic heterocycles. The molecule has 1 aliphatic heterocycles. The van der Waals surface area contributed by atoms with Crippen molar-refractivity contribution in [3.8, 4) is 0 Å². The molecule has 15 heteroatoms. The van der Waals surface area contributed by atoms with Crippen LogP contribution in [0.25, 0.3) is 5.57 Å². The first-order chi connectivity index (χ1) is 24.6. The number of hydrogen-bond donors (Lipinski definition) is 3. The van der Waals surface area contributed by atoms with E-state index >= 15 is 0 Å². The fourth-order valence-electron chi connectivity index (χ4n) is 6.20. The Bertz CT molecular complexity index is 1940. The Hall–Kier alpha value is -4.60. The van der Waals surface area contributed by atoms with Gasteiger partial charge in [0.15, 0.2) is 5.13 Å². The van der Waals surface area contributed by atoms with Gasteiger partial charge in [0.2, 0.25) is 21.8 Å². The third-order valence-corrected chi connectivity index (χ3v) is 10.7. The van der Waals surface area contributed by atoms with Gasteiger partial charge < -0.3 is 25.6 Å². The van der Waals surface area contributed by atoms with Crippen molar-refractivity contribution in [2.45, 2.75) is 57.5 Å². The molecule has 2 aliphatic rings. The van der Waals surface area contributed by atoms with E-state index in [1.807, 2.05) is 68.6 Å². The van der Waals surface area contributed by atoms with Crippen LogP contribution in [0.1, 0.15) is 68.1 Å². The molecule has 1 atom stereocenters. The summed E-state index contributed by atoms with van der Waals surface area (Å²) in [7, 11) is -3.54. The molecule has 1 unspecified atom stereocenters. The van der Waals surface area contributed by atoms with Crippen LogP contribution in [-0.4, -0.2) is 90.5 Å². The van der Waals surface area contributed by atoms with E-state index in [2.05, 4.69) is 26.9 Å². The van der Waals surface area contributed by atoms with Crippen molar-refractivity contribution >= 4 is 55.8 Å². The molecule has 3 aromatic rings. The largest absolute Gasteiger partial charge is 0.460 e. The molecule has 3 N–H and O–H groups in total. The smallest absolute Gasteiger partial charge is 0.307 e. The lowest BCUT2D eigenvalue weighted by atomic mass is 9.74. The number of likely N-dealkylation sites (tertiary alicyclic amines) is 1. The minimum atomic E-state index is -3.54. The van der Waals surface area contributed by atoms with Gasteiger partial charge in [-0.05, 0) is 70.3 Å². The van der Waals surface area contributed by atoms with Crippen molar-refractivity contribution in [1.29, 1.82) is 0 Å². The minimum Gasteiger partial charge on any atom is -0.460 e. The topological polar surface area (TPSA) is 169 Å². The van der Waals surface area contributed by atoms with Crippen molar-refractivity contribution in [3.63, 3.8) is 0 Å². The molecule has 3 heterocycles. The number of piperidine rings is 1. The zero-order valence-corrected chi connectivity index (χ0v) is 31.5. The Kier molecular flexibility index (Phi) is 12.2. The van der Waals surface area contributed by atoms with Crippen LogP contribution in [-0.2, 0) is 34.6 Å². The number of hydrogen-bond acceptors (Lipinski definition) is 10. The number of ether oxygens (including phenoxy) is 1. The maximum absolute atomic E-state index is 13.5. The number of thiazole rings is 1. The van der Waals surface area contributed by atoms with Gasteiger partial charge in [-0.3, -0.25) is 23.2 Å². The SMILES string of the molecule is CC(C)(C)OC(=O)CCN1CCC(C(=O)NCC2(c3csc(NC(=O)CNC(=O)c4ccn(S(C)(=O)=O)c4)n3)C=CC=C(c3ccccc3)C2)CC1. The molecule has 0 bridgehead atoms. The highest BCUT2D eigenvalue weighted by Crippen LogP contribution is 2.40. The van der Waals surface area contributed by atoms with Gasteiger partial charge in [0.05, 0.1) is 35.9 Å². The molecule has 278 valence electrons. The molecular formula is C37H46N6O7S2. The van der Waals surface area contributed by atoms with Gasteiger partial charge in [0.1, 0.15) is 5.60 Å². The van der Waals surface area contributed by atoms with E-state index in [0.717, 1.165) is 34.5 Å². The second-order valence-electron chi connectivity index (χ2n) is 14.2. The van der Waals surface area contributed by atoms with E-state index in [1.54, 1.807) is 0 Å². The molecule has 5 rings (SSSR count). The van der Waals surface area contributed by atoms with Gasteiger partial charge in [-0.25, -0.2) is 13.4 Å². The predicted octanol–water partition coefficient (Wildman–Crippen LogP) is 3.96. The van der Waals surface area contributed by atoms with Crippen molar-refractivity contribution in [2.24, 2.45) is 5.92 Å². The monoisotopic (exact) mass is 750 g/mol. The molecule has 0 spiro atoms. The van der Waals surface area contributed by atoms with Crippen LogP contribution in [0.2, 0.25) is 0 Å². The highest BCUT2D eigenvalue weighted by atomic mass is 32.2. The third kappa shape index (κ3) is 10.5. The number of amides is 3. The standard InChI is InChI=1S/C37H46N6O7S2/c1-36(2,3)50-32(45)15-19-42-17-12-27(13-18-42)33(46)39-25-37(16-8-11-28(21-37)26-9-6-5-7-10-26)30-24-51-35(40-30)41-31(44)22-38-34(47)29-14-20-43(23-29)52(4,48)49/h5-11,14,16,20,23-24,27H,12-13,15,17-19,21-22,25H2,1-4H3,(H,38,47)(H,39,46)(H,40,41,44). The Balaban J connectivity index is 1.20. The summed E-state index contributed by atoms with van der Waals surface area (Å²) in [6, 6.07) is 11.4. The second-order valence-corrected chi connectivity index (χ2v) is 16.9. The van der Waals surface area contributed by atoms with E-state index in [1.165, 1.54) is 29.8 Å². The summed E-state index contributed by atoms with van der Waals surface area (Å²) in [6.45, 7) is 7.54. The van der Waals surface area contributed by atoms with Gasteiger partial charge in [-0.15, -0.1) is 11.3 Å². The van der Waals surface area contributed by atoms with Crippen LogP contribution in [0.5, 0.6) is 0 Å². The lowest BCUT2D eigenvalue weighted by Gasteiger charge is -2.35. The molecule has 1 aromatic carbocycles. The normalized spacial score (nSPS) is 18.3. The van der Waals surface area contributed by atoms with E-state index < -0.39 is 32.9 Å². The summed E-state index contributed by atoms with van der Waals surface area (Å²) < 4.78 is 29.8. The fourth-order valence-corrected chi connectivity index (χ4v) is 7.62. The number of carbonyl (C=O) groups is 4. The van der Waals surface area contributed by atoms with Crippen LogP contribution < -0.4 is 16.0 Å². The lowest BCUT2D eigenvalue weighted by Crippen LogP contribution is -2.45. The molecule has 52 heavy (non-hydrogen) atoms. The van der Waals surface area contributed by atoms with Crippen molar-refractivity contribution in [3.05, 3.63) is 89.2 Å². The quantitative estimate of drug-likeness (QED) is 0.219. The average molecular weight is 751 g/mol. The summed E-state index contributed by atoms with van der Waals surface area (Å²) in [5, 5.41) is 10.7. The lowest BCUT2D eigenvalue weighted by molar-refractivity contribution is -0.155. The molecular weight excluding hydrogens is 705 g/mol. The number of benzene rings is 1. The van der Waals surface area contributed by atoms with E-state index in [9.17, 15) is 27.6 Å². The maximum atomic E-state index is 13.5. The first-order valence-electron chi connectivity index (χ1n) is 17.2. The fraction of sp³-hybridized carbons (Fsp3) is 0.432. The van der Waals surface area contributed by atoms with E-state index in [0.29, 0.717) is 49.6 Å². The van der Waals surface area contributed by atoms with Gasteiger partial charge in [-0.1, -0.05) is 48.6 Å². The summed E-state index contributed by atoms with van der Waals surface area (Å²) in [4.78, 5) is 58.0. The van der Waals surface area contributed by atoms with Gasteiger partial charge in [0, 0.05) is 36.8 Å². The summed E-state index contributed by atoms with van der Waals surface area (Å²) in [6.07, 6.45) is 11.8. The Morgan fingerprint density at radius 1 is 1.06 bits per heavy atom. The van der Waals surface area contributed by atoms with Crippen LogP contribution in [0.15, 0.2) is 72.4 Å². The Labute approximate surface area is 308 Å². The number of aromatic nitrogens is 2. The van der Waals surface area contributed by atoms with E-state index in [4.69, 9.17) is 9.72 Å². The number of allylic oxidation sites excluding steroid dienone is 3. The number of rotatable bonds is 13. The van der Waals surface area contributed by atoms with Crippen LogP contribution >= 0.6 is 11.3 Å². The highest BCUT2D eigenvalue weighted by molar-refractivity contribution is 7.89. The molecule has 0 radical (unpaired) electrons. The molecule has 1 saturated heterocycles. The molecule has 13 nitrogen and oxygen atoms in total. The highest BCUT2D eigenvalue weighted by Gasteiger charge is 2.37. The van der Waals surface area contributed by atoms with Gasteiger partial charge in [0.25, 0.3) is 5.91 Å². The van der Waals surface area contributed by atoms with Crippen LogP contribution in [0, 0.1) is 5.92 Å². The third-order valence-electron chi connectivity index (χ3n) is 8.93. The van der Waals surface area contributed by atoms with Crippen LogP contribution in [0.3, 0.4) is 0 Å². The molecule has 3 amide bonds. The summed E-state index contributed by atoms with van der Waals surface area (Å²) in [5.74, 6) is -1.50.